The van der Waals surface area contributed by atoms with Crippen LogP contribution in [0.5, 0.6) is 0 Å². The Kier molecular flexibility index (Phi) is 5.76. The van der Waals surface area contributed by atoms with Gasteiger partial charge in [0.15, 0.2) is 0 Å². The molecule has 2 aromatic heterocycles. The molecule has 0 aliphatic heterocycles. The van der Waals surface area contributed by atoms with E-state index in [2.05, 4.69) is 25.9 Å². The van der Waals surface area contributed by atoms with Crippen molar-refractivity contribution in [3.05, 3.63) is 72.6 Å². The number of rotatable bonds is 8. The molecule has 4 aromatic rings. The molecule has 0 radical (unpaired) electrons. The summed E-state index contributed by atoms with van der Waals surface area (Å²) in [7, 11) is 0. The second-order valence-electron chi connectivity index (χ2n) is 6.64. The Hall–Kier alpha value is -3.32. The molecule has 0 bridgehead atoms. The molecule has 7 heteroatoms. The maximum absolute atomic E-state index is 13.3. The Morgan fingerprint density at radius 3 is 1.59 bits per heavy atom. The first-order chi connectivity index (χ1) is 14.2. The Bertz CT molecular complexity index is 1040. The van der Waals surface area contributed by atoms with Gasteiger partial charge < -0.3 is 16.0 Å². The van der Waals surface area contributed by atoms with Crippen molar-refractivity contribution in [2.24, 2.45) is 0 Å². The standard InChI is InChI=1S/C22H21F2N5/c23-15-1-3-17-19(5-7-26-21(17)13-15)28-11-9-25-10-12-29-20-6-8-27-22-14-16(24)2-4-18(20)22/h1-8,13-14,25H,9-12H2,(H,26,28)(H,27,29). The molecule has 2 aromatic carbocycles. The van der Waals surface area contributed by atoms with Gasteiger partial charge in [-0.2, -0.15) is 0 Å². The van der Waals surface area contributed by atoms with Gasteiger partial charge in [-0.25, -0.2) is 8.78 Å². The summed E-state index contributed by atoms with van der Waals surface area (Å²) in [5.41, 5.74) is 3.14. The molecule has 0 amide bonds. The quantitative estimate of drug-likeness (QED) is 0.392. The molecule has 4 rings (SSSR count). The van der Waals surface area contributed by atoms with E-state index >= 15 is 0 Å². The van der Waals surface area contributed by atoms with E-state index in [0.717, 1.165) is 48.3 Å². The van der Waals surface area contributed by atoms with Crippen LogP contribution in [0.25, 0.3) is 21.8 Å². The highest BCUT2D eigenvalue weighted by atomic mass is 19.1. The molecule has 29 heavy (non-hydrogen) atoms. The SMILES string of the molecule is Fc1ccc2c(NCCNCCNc3ccnc4cc(F)ccc34)ccnc2c1. The van der Waals surface area contributed by atoms with Crippen molar-refractivity contribution in [1.29, 1.82) is 0 Å². The number of nitrogens with zero attached hydrogens (tertiary/aromatic N) is 2. The van der Waals surface area contributed by atoms with Gasteiger partial charge in [-0.05, 0) is 36.4 Å². The number of benzene rings is 2. The molecule has 0 saturated heterocycles. The van der Waals surface area contributed by atoms with Crippen LogP contribution in [-0.4, -0.2) is 36.1 Å². The van der Waals surface area contributed by atoms with Gasteiger partial charge in [-0.1, -0.05) is 0 Å². The van der Waals surface area contributed by atoms with E-state index < -0.39 is 0 Å². The summed E-state index contributed by atoms with van der Waals surface area (Å²) in [5, 5.41) is 11.9. The maximum atomic E-state index is 13.3. The third-order valence-corrected chi connectivity index (χ3v) is 4.64. The fraction of sp³-hybridized carbons (Fsp3) is 0.182. The number of hydrogen-bond donors (Lipinski definition) is 3. The molecule has 2 heterocycles. The second-order valence-corrected chi connectivity index (χ2v) is 6.64. The summed E-state index contributed by atoms with van der Waals surface area (Å²) in [5.74, 6) is -0.577. The number of pyridine rings is 2. The van der Waals surface area contributed by atoms with Gasteiger partial charge >= 0.3 is 0 Å². The van der Waals surface area contributed by atoms with Crippen molar-refractivity contribution in [2.45, 2.75) is 0 Å². The number of anilines is 2. The molecule has 5 nitrogen and oxygen atoms in total. The molecule has 0 saturated carbocycles. The van der Waals surface area contributed by atoms with Crippen LogP contribution in [0.2, 0.25) is 0 Å². The molecule has 0 aliphatic carbocycles. The largest absolute Gasteiger partial charge is 0.383 e. The van der Waals surface area contributed by atoms with Gasteiger partial charge in [0, 0.05) is 72.9 Å². The van der Waals surface area contributed by atoms with Gasteiger partial charge in [0.25, 0.3) is 0 Å². The fourth-order valence-electron chi connectivity index (χ4n) is 3.25. The van der Waals surface area contributed by atoms with Crippen molar-refractivity contribution in [3.63, 3.8) is 0 Å². The number of aromatic nitrogens is 2. The van der Waals surface area contributed by atoms with Crippen LogP contribution in [-0.2, 0) is 0 Å². The summed E-state index contributed by atoms with van der Waals surface area (Å²) in [6, 6.07) is 13.0. The van der Waals surface area contributed by atoms with Crippen LogP contribution in [0.1, 0.15) is 0 Å². The Morgan fingerprint density at radius 1 is 0.621 bits per heavy atom. The molecule has 3 N–H and O–H groups in total. The van der Waals surface area contributed by atoms with Gasteiger partial charge in [-0.15, -0.1) is 0 Å². The monoisotopic (exact) mass is 393 g/mol. The smallest absolute Gasteiger partial charge is 0.125 e. The molecule has 148 valence electrons. The molecular formula is C22H21F2N5. The zero-order valence-electron chi connectivity index (χ0n) is 15.8. The number of halogens is 2. The van der Waals surface area contributed by atoms with Crippen LogP contribution in [0.3, 0.4) is 0 Å². The predicted molar refractivity (Wildman–Crippen MR) is 113 cm³/mol. The van der Waals surface area contributed by atoms with Crippen LogP contribution < -0.4 is 16.0 Å². The zero-order chi connectivity index (χ0) is 20.1. The molecule has 0 fully saturated rings. The Morgan fingerprint density at radius 2 is 1.10 bits per heavy atom. The van der Waals surface area contributed by atoms with Gasteiger partial charge in [0.05, 0.1) is 11.0 Å². The third-order valence-electron chi connectivity index (χ3n) is 4.64. The van der Waals surface area contributed by atoms with E-state index in [0.29, 0.717) is 11.0 Å². The first-order valence-electron chi connectivity index (χ1n) is 9.48. The first kappa shape index (κ1) is 19.0. The van der Waals surface area contributed by atoms with Crippen molar-refractivity contribution >= 4 is 33.2 Å². The highest BCUT2D eigenvalue weighted by Gasteiger charge is 2.04. The molecule has 0 unspecified atom stereocenters. The number of fused-ring (bicyclic) bond motifs is 2. The summed E-state index contributed by atoms with van der Waals surface area (Å²) >= 11 is 0. The topological polar surface area (TPSA) is 61.9 Å². The second kappa shape index (κ2) is 8.79. The highest BCUT2D eigenvalue weighted by Crippen LogP contribution is 2.22. The number of hydrogen-bond acceptors (Lipinski definition) is 5. The molecule has 0 spiro atoms. The molecule has 0 atom stereocenters. The lowest BCUT2D eigenvalue weighted by atomic mass is 10.2. The van der Waals surface area contributed by atoms with E-state index in [4.69, 9.17) is 0 Å². The summed E-state index contributed by atoms with van der Waals surface area (Å²) in [6.45, 7) is 3.01. The van der Waals surface area contributed by atoms with Gasteiger partial charge in [-0.3, -0.25) is 9.97 Å². The normalized spacial score (nSPS) is 11.1. The van der Waals surface area contributed by atoms with Crippen LogP contribution in [0.4, 0.5) is 20.2 Å². The maximum Gasteiger partial charge on any atom is 0.125 e. The Balaban J connectivity index is 1.23. The fourth-order valence-corrected chi connectivity index (χ4v) is 3.25. The third kappa shape index (κ3) is 4.57. The van der Waals surface area contributed by atoms with Gasteiger partial charge in [0.1, 0.15) is 11.6 Å². The van der Waals surface area contributed by atoms with E-state index in [-0.39, 0.29) is 11.6 Å². The summed E-state index contributed by atoms with van der Waals surface area (Å²) in [4.78, 5) is 8.39. The van der Waals surface area contributed by atoms with Crippen LogP contribution in [0, 0.1) is 11.6 Å². The van der Waals surface area contributed by atoms with Gasteiger partial charge in [0.2, 0.25) is 0 Å². The average Bonchev–Trinajstić information content (AvgIpc) is 2.72. The van der Waals surface area contributed by atoms with Crippen LogP contribution in [0.15, 0.2) is 60.9 Å². The summed E-state index contributed by atoms with van der Waals surface area (Å²) < 4.78 is 26.6. The summed E-state index contributed by atoms with van der Waals surface area (Å²) in [6.07, 6.45) is 3.35. The Labute approximate surface area is 167 Å². The van der Waals surface area contributed by atoms with Crippen molar-refractivity contribution in [1.82, 2.24) is 15.3 Å². The van der Waals surface area contributed by atoms with Crippen LogP contribution >= 0.6 is 0 Å². The lowest BCUT2D eigenvalue weighted by molar-refractivity contribution is 0.629. The number of nitrogens with one attached hydrogen (secondary N) is 3. The van der Waals surface area contributed by atoms with E-state index in [1.54, 1.807) is 24.5 Å². The van der Waals surface area contributed by atoms with Crippen molar-refractivity contribution in [3.8, 4) is 0 Å². The zero-order valence-corrected chi connectivity index (χ0v) is 15.8. The van der Waals surface area contributed by atoms with Crippen molar-refractivity contribution < 1.29 is 8.78 Å². The minimum absolute atomic E-state index is 0.288. The van der Waals surface area contributed by atoms with E-state index in [1.807, 2.05) is 12.1 Å². The minimum Gasteiger partial charge on any atom is -0.383 e. The van der Waals surface area contributed by atoms with E-state index in [9.17, 15) is 8.78 Å². The molecular weight excluding hydrogens is 372 g/mol. The average molecular weight is 393 g/mol. The lowest BCUT2D eigenvalue weighted by Crippen LogP contribution is -2.27. The first-order valence-corrected chi connectivity index (χ1v) is 9.48. The highest BCUT2D eigenvalue weighted by molar-refractivity contribution is 5.91. The minimum atomic E-state index is -0.288. The lowest BCUT2D eigenvalue weighted by Gasteiger charge is -2.12. The predicted octanol–water partition coefficient (Wildman–Crippen LogP) is 4.17. The van der Waals surface area contributed by atoms with E-state index in [1.165, 1.54) is 24.3 Å². The van der Waals surface area contributed by atoms with Crippen molar-refractivity contribution in [2.75, 3.05) is 36.8 Å². The molecule has 0 aliphatic rings.